The van der Waals surface area contributed by atoms with Gasteiger partial charge in [-0.05, 0) is 29.7 Å². The molecule has 1 aliphatic heterocycles. The zero-order valence-corrected chi connectivity index (χ0v) is 24.1. The zero-order valence-electron chi connectivity index (χ0n) is 24.1. The summed E-state index contributed by atoms with van der Waals surface area (Å²) in [4.78, 5) is 55.2. The van der Waals surface area contributed by atoms with Crippen molar-refractivity contribution in [3.63, 3.8) is 0 Å². The number of anilines is 1. The number of amides is 4. The third-order valence-corrected chi connectivity index (χ3v) is 6.85. The number of benzene rings is 2. The molecule has 0 unspecified atom stereocenters. The number of hydrogen-bond donors (Lipinski definition) is 5. The normalized spacial score (nSPS) is 16.4. The largest absolute Gasteiger partial charge is 0.480 e. The number of likely N-dealkylation sites (tertiary alicyclic amines) is 1. The van der Waals surface area contributed by atoms with E-state index in [2.05, 4.69) is 26.3 Å². The molecule has 2 heterocycles. The van der Waals surface area contributed by atoms with Crippen molar-refractivity contribution in [3.8, 4) is 0 Å². The van der Waals surface area contributed by atoms with E-state index >= 15 is 0 Å². The van der Waals surface area contributed by atoms with Crippen molar-refractivity contribution < 1.29 is 33.8 Å². The summed E-state index contributed by atoms with van der Waals surface area (Å²) in [5, 5.41) is 20.1. The number of pyridine rings is 1. The van der Waals surface area contributed by atoms with Gasteiger partial charge in [-0.3, -0.25) is 4.79 Å². The van der Waals surface area contributed by atoms with Crippen LogP contribution in [0.2, 0.25) is 0 Å². The third kappa shape index (κ3) is 10.3. The van der Waals surface area contributed by atoms with Gasteiger partial charge in [0.15, 0.2) is 0 Å². The molecule has 0 radical (unpaired) electrons. The molecule has 1 saturated heterocycles. The van der Waals surface area contributed by atoms with Crippen LogP contribution < -0.4 is 21.3 Å². The van der Waals surface area contributed by atoms with Gasteiger partial charge >= 0.3 is 18.1 Å². The molecule has 4 rings (SSSR count). The Morgan fingerprint density at radius 2 is 1.64 bits per heavy atom. The van der Waals surface area contributed by atoms with Gasteiger partial charge in [-0.2, -0.15) is 0 Å². The van der Waals surface area contributed by atoms with Crippen molar-refractivity contribution in [2.24, 2.45) is 0 Å². The number of nitrogens with one attached hydrogen (secondary N) is 4. The van der Waals surface area contributed by atoms with Gasteiger partial charge in [0.1, 0.15) is 25.1 Å². The molecule has 3 atom stereocenters. The van der Waals surface area contributed by atoms with E-state index < -0.39 is 36.1 Å². The Labute approximate surface area is 254 Å². The Kier molecular flexibility index (Phi) is 11.9. The molecule has 5 N–H and O–H groups in total. The minimum atomic E-state index is -1.35. The average molecular weight is 605 g/mol. The fourth-order valence-corrected chi connectivity index (χ4v) is 4.55. The number of carbonyl (C=O) groups is 4. The summed E-state index contributed by atoms with van der Waals surface area (Å²) in [6, 6.07) is 21.6. The van der Waals surface area contributed by atoms with Gasteiger partial charge in [-0.1, -0.05) is 66.7 Å². The summed E-state index contributed by atoms with van der Waals surface area (Å²) < 4.78 is 11.3. The Bertz CT molecular complexity index is 1360. The predicted octanol–water partition coefficient (Wildman–Crippen LogP) is 2.36. The quantitative estimate of drug-likeness (QED) is 0.185. The molecule has 0 spiro atoms. The molecular formula is C31H36N6O7. The second-order valence-electron chi connectivity index (χ2n) is 10.1. The van der Waals surface area contributed by atoms with Crippen LogP contribution in [-0.4, -0.2) is 83.4 Å². The molecule has 0 aliphatic carbocycles. The predicted molar refractivity (Wildman–Crippen MR) is 160 cm³/mol. The van der Waals surface area contributed by atoms with E-state index in [9.17, 15) is 24.3 Å². The van der Waals surface area contributed by atoms with E-state index in [1.807, 2.05) is 72.8 Å². The Morgan fingerprint density at radius 3 is 2.32 bits per heavy atom. The monoisotopic (exact) mass is 604 g/mol. The molecule has 2 aromatic carbocycles. The number of nitrogens with zero attached hydrogens (tertiary/aromatic N) is 2. The van der Waals surface area contributed by atoms with Crippen LogP contribution in [0.3, 0.4) is 0 Å². The van der Waals surface area contributed by atoms with Crippen molar-refractivity contribution in [3.05, 3.63) is 96.2 Å². The highest BCUT2D eigenvalue weighted by atomic mass is 16.6. The lowest BCUT2D eigenvalue weighted by atomic mass is 10.2. The van der Waals surface area contributed by atoms with Crippen molar-refractivity contribution in [1.29, 1.82) is 0 Å². The van der Waals surface area contributed by atoms with Gasteiger partial charge in [0, 0.05) is 25.8 Å². The Hall–Kier alpha value is -5.17. The van der Waals surface area contributed by atoms with Gasteiger partial charge in [-0.15, -0.1) is 0 Å². The lowest BCUT2D eigenvalue weighted by Gasteiger charge is -2.24. The lowest BCUT2D eigenvalue weighted by molar-refractivity contribution is -0.139. The number of urea groups is 1. The van der Waals surface area contributed by atoms with Gasteiger partial charge in [-0.25, -0.2) is 19.4 Å². The molecule has 1 fully saturated rings. The molecule has 1 aliphatic rings. The first-order valence-electron chi connectivity index (χ1n) is 14.2. The zero-order chi connectivity index (χ0) is 31.1. The van der Waals surface area contributed by atoms with E-state index in [0.717, 1.165) is 11.1 Å². The van der Waals surface area contributed by atoms with Crippen LogP contribution in [0.25, 0.3) is 0 Å². The summed E-state index contributed by atoms with van der Waals surface area (Å²) >= 11 is 0. The summed E-state index contributed by atoms with van der Waals surface area (Å²) in [5.74, 6) is -1.20. The molecule has 13 heteroatoms. The lowest BCUT2D eigenvalue weighted by Crippen LogP contribution is -2.51. The van der Waals surface area contributed by atoms with E-state index in [-0.39, 0.29) is 38.9 Å². The van der Waals surface area contributed by atoms with Gasteiger partial charge < -0.3 is 40.7 Å². The van der Waals surface area contributed by atoms with Crippen molar-refractivity contribution in [1.82, 2.24) is 25.8 Å². The fraction of sp³-hybridized carbons (Fsp3) is 0.323. The SMILES string of the molecule is O=C(CO[C@@H]1C[C@@H](CNc2ccccn2)N(C(=O)OCc2ccccc2)C1)NC[C@H](NC(=O)NCc1ccccc1)C(=O)O. The molecule has 44 heavy (non-hydrogen) atoms. The molecule has 3 aromatic rings. The first-order chi connectivity index (χ1) is 21.4. The number of carboxylic acid groups (broad SMARTS) is 1. The highest BCUT2D eigenvalue weighted by Crippen LogP contribution is 2.22. The second kappa shape index (κ2) is 16.5. The first-order valence-corrected chi connectivity index (χ1v) is 14.2. The minimum absolute atomic E-state index is 0.119. The van der Waals surface area contributed by atoms with Gasteiger partial charge in [0.05, 0.1) is 18.7 Å². The molecule has 232 valence electrons. The van der Waals surface area contributed by atoms with E-state index in [1.165, 1.54) is 0 Å². The van der Waals surface area contributed by atoms with E-state index in [0.29, 0.717) is 18.8 Å². The molecular weight excluding hydrogens is 568 g/mol. The number of aliphatic carboxylic acids is 1. The first kappa shape index (κ1) is 31.8. The van der Waals surface area contributed by atoms with E-state index in [4.69, 9.17) is 9.47 Å². The van der Waals surface area contributed by atoms with Crippen LogP contribution in [0.5, 0.6) is 0 Å². The number of rotatable bonds is 14. The van der Waals surface area contributed by atoms with Crippen molar-refractivity contribution in [2.75, 3.05) is 31.6 Å². The summed E-state index contributed by atoms with van der Waals surface area (Å²) in [6.07, 6.45) is 1.14. The van der Waals surface area contributed by atoms with Crippen molar-refractivity contribution in [2.45, 2.75) is 37.8 Å². The van der Waals surface area contributed by atoms with Gasteiger partial charge in [0.2, 0.25) is 5.91 Å². The van der Waals surface area contributed by atoms with Crippen molar-refractivity contribution >= 4 is 29.8 Å². The highest BCUT2D eigenvalue weighted by molar-refractivity contribution is 5.84. The maximum absolute atomic E-state index is 13.0. The van der Waals surface area contributed by atoms with Crippen LogP contribution in [0.4, 0.5) is 15.4 Å². The van der Waals surface area contributed by atoms with Crippen LogP contribution in [-0.2, 0) is 32.2 Å². The second-order valence-corrected chi connectivity index (χ2v) is 10.1. The molecule has 0 saturated carbocycles. The maximum atomic E-state index is 13.0. The highest BCUT2D eigenvalue weighted by Gasteiger charge is 2.37. The minimum Gasteiger partial charge on any atom is -0.480 e. The maximum Gasteiger partial charge on any atom is 0.410 e. The molecule has 4 amide bonds. The standard InChI is InChI=1S/C31H36N6O7/c38-28(34-18-26(29(39)40)36-30(41)35-16-22-9-3-1-4-10-22)21-43-25-15-24(17-33-27-13-7-8-14-32-27)37(19-25)31(42)44-20-23-11-5-2-6-12-23/h1-14,24-26H,15-21H2,(H,32,33)(H,34,38)(H,39,40)(H2,35,36,41)/t24-,25+,26-/m0/s1. The van der Waals surface area contributed by atoms with Crippen LogP contribution >= 0.6 is 0 Å². The summed E-state index contributed by atoms with van der Waals surface area (Å²) in [6.45, 7) is 0.238. The van der Waals surface area contributed by atoms with Crippen LogP contribution in [0.15, 0.2) is 85.1 Å². The Morgan fingerprint density at radius 1 is 0.932 bits per heavy atom. The Balaban J connectivity index is 1.24. The number of hydrogen-bond acceptors (Lipinski definition) is 8. The van der Waals surface area contributed by atoms with E-state index in [1.54, 1.807) is 17.2 Å². The third-order valence-electron chi connectivity index (χ3n) is 6.85. The van der Waals surface area contributed by atoms with Gasteiger partial charge in [0.25, 0.3) is 0 Å². The fourth-order valence-electron chi connectivity index (χ4n) is 4.55. The van der Waals surface area contributed by atoms with Crippen LogP contribution in [0.1, 0.15) is 17.5 Å². The summed E-state index contributed by atoms with van der Waals surface area (Å²) in [5.41, 5.74) is 1.71. The molecule has 1 aromatic heterocycles. The smallest absolute Gasteiger partial charge is 0.410 e. The summed E-state index contributed by atoms with van der Waals surface area (Å²) in [7, 11) is 0. The van der Waals surface area contributed by atoms with Crippen LogP contribution in [0, 0.1) is 0 Å². The molecule has 13 nitrogen and oxygen atoms in total. The average Bonchev–Trinajstić information content (AvgIpc) is 3.47. The number of carbonyl (C=O) groups excluding carboxylic acids is 3. The topological polar surface area (TPSA) is 171 Å². The molecule has 0 bridgehead atoms. The number of aromatic nitrogens is 1. The number of carboxylic acids is 1. The number of ether oxygens (including phenoxy) is 2.